The van der Waals surface area contributed by atoms with Gasteiger partial charge in [0.05, 0.1) is 12.5 Å². The van der Waals surface area contributed by atoms with Crippen LogP contribution in [0.4, 0.5) is 4.39 Å². The van der Waals surface area contributed by atoms with Gasteiger partial charge in [-0.05, 0) is 24.1 Å². The van der Waals surface area contributed by atoms with Gasteiger partial charge < -0.3 is 10.4 Å². The number of aliphatic hydroxyl groups excluding tert-OH is 1. The molecule has 0 saturated carbocycles. The maximum absolute atomic E-state index is 13.2. The number of hydrogen-bond acceptors (Lipinski definition) is 2. The molecule has 4 heteroatoms. The van der Waals surface area contributed by atoms with Gasteiger partial charge in [-0.2, -0.15) is 0 Å². The molecular formula is C15H22FNO2. The van der Waals surface area contributed by atoms with E-state index in [0.717, 1.165) is 5.56 Å². The Bertz CT molecular complexity index is 428. The molecule has 2 N–H and O–H groups in total. The van der Waals surface area contributed by atoms with Crippen LogP contribution in [-0.2, 0) is 10.2 Å². The maximum Gasteiger partial charge on any atom is 0.225 e. The standard InChI is InChI=1S/C15H22FNO2/c1-4-11(9-18)14(19)17-10-15(2,3)12-6-5-7-13(16)8-12/h5-8,11,18H,4,9-10H2,1-3H3,(H,17,19). The van der Waals surface area contributed by atoms with Crippen molar-refractivity contribution < 1.29 is 14.3 Å². The van der Waals surface area contributed by atoms with Crippen LogP contribution in [0.1, 0.15) is 32.8 Å². The summed E-state index contributed by atoms with van der Waals surface area (Å²) in [6.07, 6.45) is 0.600. The van der Waals surface area contributed by atoms with Gasteiger partial charge in [0.25, 0.3) is 0 Å². The summed E-state index contributed by atoms with van der Waals surface area (Å²) in [5, 5.41) is 11.9. The molecule has 0 spiro atoms. The van der Waals surface area contributed by atoms with Crippen molar-refractivity contribution >= 4 is 5.91 Å². The molecule has 0 aliphatic heterocycles. The first-order valence-electron chi connectivity index (χ1n) is 6.55. The second-order valence-corrected chi connectivity index (χ2v) is 5.40. The van der Waals surface area contributed by atoms with Crippen molar-refractivity contribution in [2.75, 3.05) is 13.2 Å². The minimum Gasteiger partial charge on any atom is -0.396 e. The van der Waals surface area contributed by atoms with Crippen LogP contribution in [-0.4, -0.2) is 24.2 Å². The number of hydrogen-bond donors (Lipinski definition) is 2. The summed E-state index contributed by atoms with van der Waals surface area (Å²) < 4.78 is 13.2. The van der Waals surface area contributed by atoms with E-state index in [1.165, 1.54) is 12.1 Å². The Hall–Kier alpha value is -1.42. The van der Waals surface area contributed by atoms with Crippen molar-refractivity contribution in [1.29, 1.82) is 0 Å². The van der Waals surface area contributed by atoms with Gasteiger partial charge in [-0.15, -0.1) is 0 Å². The van der Waals surface area contributed by atoms with Crippen molar-refractivity contribution in [2.45, 2.75) is 32.6 Å². The molecule has 106 valence electrons. The molecule has 1 unspecified atom stereocenters. The van der Waals surface area contributed by atoms with Gasteiger partial charge in [-0.3, -0.25) is 4.79 Å². The van der Waals surface area contributed by atoms with Crippen LogP contribution in [0.5, 0.6) is 0 Å². The normalized spacial score (nSPS) is 13.1. The summed E-state index contributed by atoms with van der Waals surface area (Å²) in [6, 6.07) is 6.39. The maximum atomic E-state index is 13.2. The number of carbonyl (C=O) groups is 1. The van der Waals surface area contributed by atoms with Gasteiger partial charge in [-0.25, -0.2) is 4.39 Å². The number of halogens is 1. The molecule has 0 radical (unpaired) electrons. The van der Waals surface area contributed by atoms with Crippen LogP contribution < -0.4 is 5.32 Å². The molecular weight excluding hydrogens is 245 g/mol. The summed E-state index contributed by atoms with van der Waals surface area (Å²) >= 11 is 0. The largest absolute Gasteiger partial charge is 0.396 e. The van der Waals surface area contributed by atoms with Crippen LogP contribution >= 0.6 is 0 Å². The number of benzene rings is 1. The second-order valence-electron chi connectivity index (χ2n) is 5.40. The third-order valence-electron chi connectivity index (χ3n) is 3.39. The van der Waals surface area contributed by atoms with E-state index in [1.54, 1.807) is 6.07 Å². The first-order chi connectivity index (χ1) is 8.90. The Kier molecular flexibility index (Phi) is 5.48. The zero-order chi connectivity index (χ0) is 14.5. The lowest BCUT2D eigenvalue weighted by atomic mass is 9.84. The summed E-state index contributed by atoms with van der Waals surface area (Å²) in [4.78, 5) is 11.8. The van der Waals surface area contributed by atoms with Gasteiger partial charge in [-0.1, -0.05) is 32.9 Å². The van der Waals surface area contributed by atoms with Crippen molar-refractivity contribution in [3.8, 4) is 0 Å². The average molecular weight is 267 g/mol. The summed E-state index contributed by atoms with van der Waals surface area (Å²) in [5.74, 6) is -0.809. The molecule has 0 bridgehead atoms. The highest BCUT2D eigenvalue weighted by Gasteiger charge is 2.23. The lowest BCUT2D eigenvalue weighted by molar-refractivity contribution is -0.126. The molecule has 0 aliphatic carbocycles. The van der Waals surface area contributed by atoms with Crippen LogP contribution in [0.15, 0.2) is 24.3 Å². The van der Waals surface area contributed by atoms with Crippen LogP contribution in [0, 0.1) is 11.7 Å². The van der Waals surface area contributed by atoms with Crippen molar-refractivity contribution in [2.24, 2.45) is 5.92 Å². The Labute approximate surface area is 113 Å². The fourth-order valence-corrected chi connectivity index (χ4v) is 1.86. The van der Waals surface area contributed by atoms with Crippen molar-refractivity contribution in [3.63, 3.8) is 0 Å². The van der Waals surface area contributed by atoms with E-state index in [9.17, 15) is 9.18 Å². The summed E-state index contributed by atoms with van der Waals surface area (Å²) in [7, 11) is 0. The SMILES string of the molecule is CCC(CO)C(=O)NCC(C)(C)c1cccc(F)c1. The van der Waals surface area contributed by atoms with Gasteiger partial charge in [0.1, 0.15) is 5.82 Å². The fraction of sp³-hybridized carbons (Fsp3) is 0.533. The predicted octanol–water partition coefficient (Wildman–Crippen LogP) is 2.24. The molecule has 19 heavy (non-hydrogen) atoms. The van der Waals surface area contributed by atoms with Crippen LogP contribution in [0.2, 0.25) is 0 Å². The molecule has 3 nitrogen and oxygen atoms in total. The summed E-state index contributed by atoms with van der Waals surface area (Å²) in [6.45, 7) is 6.01. The molecule has 1 amide bonds. The van der Waals surface area contributed by atoms with Gasteiger partial charge in [0.15, 0.2) is 0 Å². The fourth-order valence-electron chi connectivity index (χ4n) is 1.86. The Morgan fingerprint density at radius 2 is 2.16 bits per heavy atom. The van der Waals surface area contributed by atoms with Crippen molar-refractivity contribution in [3.05, 3.63) is 35.6 Å². The van der Waals surface area contributed by atoms with E-state index < -0.39 is 0 Å². The zero-order valence-corrected chi connectivity index (χ0v) is 11.7. The van der Waals surface area contributed by atoms with Gasteiger partial charge in [0, 0.05) is 12.0 Å². The molecule has 0 heterocycles. The first-order valence-corrected chi connectivity index (χ1v) is 6.55. The molecule has 0 fully saturated rings. The smallest absolute Gasteiger partial charge is 0.225 e. The number of amides is 1. The monoisotopic (exact) mass is 267 g/mol. The molecule has 1 aromatic carbocycles. The molecule has 0 saturated heterocycles. The number of aliphatic hydroxyl groups is 1. The minimum atomic E-state index is -0.372. The molecule has 1 atom stereocenters. The number of rotatable bonds is 6. The topological polar surface area (TPSA) is 49.3 Å². The van der Waals surface area contributed by atoms with E-state index in [0.29, 0.717) is 13.0 Å². The Morgan fingerprint density at radius 3 is 2.68 bits per heavy atom. The third kappa shape index (κ3) is 4.31. The Morgan fingerprint density at radius 1 is 1.47 bits per heavy atom. The van der Waals surface area contributed by atoms with E-state index in [4.69, 9.17) is 5.11 Å². The first kappa shape index (κ1) is 15.6. The third-order valence-corrected chi connectivity index (χ3v) is 3.39. The average Bonchev–Trinajstić information content (AvgIpc) is 2.38. The van der Waals surface area contributed by atoms with Gasteiger partial charge in [0.2, 0.25) is 5.91 Å². The van der Waals surface area contributed by atoms with E-state index in [-0.39, 0.29) is 29.7 Å². The summed E-state index contributed by atoms with van der Waals surface area (Å²) in [5.41, 5.74) is 0.482. The number of carbonyl (C=O) groups excluding carboxylic acids is 1. The minimum absolute atomic E-state index is 0.150. The Balaban J connectivity index is 2.67. The lowest BCUT2D eigenvalue weighted by Gasteiger charge is -2.26. The second kappa shape index (κ2) is 6.66. The van der Waals surface area contributed by atoms with E-state index >= 15 is 0 Å². The highest BCUT2D eigenvalue weighted by atomic mass is 19.1. The molecule has 0 aromatic heterocycles. The molecule has 1 aromatic rings. The zero-order valence-electron chi connectivity index (χ0n) is 11.7. The highest BCUT2D eigenvalue weighted by Crippen LogP contribution is 2.23. The molecule has 1 rings (SSSR count). The quantitative estimate of drug-likeness (QED) is 0.830. The van der Waals surface area contributed by atoms with Crippen LogP contribution in [0.3, 0.4) is 0 Å². The molecule has 0 aliphatic rings. The highest BCUT2D eigenvalue weighted by molar-refractivity contribution is 5.78. The van der Waals surface area contributed by atoms with Crippen LogP contribution in [0.25, 0.3) is 0 Å². The lowest BCUT2D eigenvalue weighted by Crippen LogP contribution is -2.40. The predicted molar refractivity (Wildman–Crippen MR) is 73.3 cm³/mol. The van der Waals surface area contributed by atoms with E-state index in [2.05, 4.69) is 5.32 Å². The van der Waals surface area contributed by atoms with Gasteiger partial charge >= 0.3 is 0 Å². The number of nitrogens with one attached hydrogen (secondary N) is 1. The van der Waals surface area contributed by atoms with Crippen molar-refractivity contribution in [1.82, 2.24) is 5.32 Å². The van der Waals surface area contributed by atoms with E-state index in [1.807, 2.05) is 26.8 Å².